The number of furan rings is 1. The van der Waals surface area contributed by atoms with Crippen molar-refractivity contribution in [3.05, 3.63) is 200 Å². The molecule has 1 heterocycles. The molecule has 0 aliphatic rings. The topological polar surface area (TPSA) is 16.4 Å². The maximum atomic E-state index is 6.37. The van der Waals surface area contributed by atoms with Crippen molar-refractivity contribution in [2.24, 2.45) is 0 Å². The molecule has 0 radical (unpaired) electrons. The third-order valence-electron chi connectivity index (χ3n) is 11.0. The molecule has 0 aliphatic carbocycles. The number of anilines is 3. The fraction of sp³-hybridized carbons (Fsp3) is 0. The van der Waals surface area contributed by atoms with Gasteiger partial charge in [0.15, 0.2) is 0 Å². The van der Waals surface area contributed by atoms with Crippen LogP contribution in [0, 0.1) is 0 Å². The smallest absolute Gasteiger partial charge is 0.136 e. The van der Waals surface area contributed by atoms with Gasteiger partial charge in [-0.1, -0.05) is 146 Å². The minimum absolute atomic E-state index is 0.917. The predicted octanol–water partition coefficient (Wildman–Crippen LogP) is 15.0. The quantitative estimate of drug-likeness (QED) is 0.168. The highest BCUT2D eigenvalue weighted by Crippen LogP contribution is 2.46. The first-order valence-electron chi connectivity index (χ1n) is 18.5. The summed E-state index contributed by atoms with van der Waals surface area (Å²) in [5.41, 5.74) is 9.91. The fourth-order valence-corrected chi connectivity index (χ4v) is 8.58. The molecule has 0 unspecified atom stereocenters. The molecule has 0 aliphatic heterocycles. The van der Waals surface area contributed by atoms with Crippen LogP contribution >= 0.6 is 0 Å². The third kappa shape index (κ3) is 4.81. The molecule has 0 spiro atoms. The van der Waals surface area contributed by atoms with Gasteiger partial charge in [0.05, 0.1) is 0 Å². The van der Waals surface area contributed by atoms with Crippen LogP contribution in [-0.2, 0) is 0 Å². The lowest BCUT2D eigenvalue weighted by Gasteiger charge is -2.27. The summed E-state index contributed by atoms with van der Waals surface area (Å²) < 4.78 is 6.37. The minimum Gasteiger partial charge on any atom is -0.456 e. The monoisotopic (exact) mass is 687 g/mol. The maximum absolute atomic E-state index is 6.37. The summed E-state index contributed by atoms with van der Waals surface area (Å²) in [7, 11) is 0. The fourth-order valence-electron chi connectivity index (χ4n) is 8.58. The van der Waals surface area contributed by atoms with Gasteiger partial charge in [-0.15, -0.1) is 0 Å². The normalized spacial score (nSPS) is 11.7. The Balaban J connectivity index is 1.15. The van der Waals surface area contributed by atoms with E-state index in [4.69, 9.17) is 4.42 Å². The highest BCUT2D eigenvalue weighted by atomic mass is 16.3. The highest BCUT2D eigenvalue weighted by Gasteiger charge is 2.19. The van der Waals surface area contributed by atoms with E-state index in [0.717, 1.165) is 33.6 Å². The molecule has 0 saturated carbocycles. The summed E-state index contributed by atoms with van der Waals surface area (Å²) >= 11 is 0. The van der Waals surface area contributed by atoms with Crippen molar-refractivity contribution < 1.29 is 4.42 Å². The van der Waals surface area contributed by atoms with Crippen LogP contribution in [0.5, 0.6) is 0 Å². The van der Waals surface area contributed by atoms with Gasteiger partial charge in [-0.3, -0.25) is 0 Å². The van der Waals surface area contributed by atoms with Crippen molar-refractivity contribution in [2.45, 2.75) is 0 Å². The van der Waals surface area contributed by atoms with Gasteiger partial charge in [0.1, 0.15) is 11.2 Å². The van der Waals surface area contributed by atoms with Gasteiger partial charge in [0.2, 0.25) is 0 Å². The Hall–Kier alpha value is -7.16. The van der Waals surface area contributed by atoms with Gasteiger partial charge in [0.25, 0.3) is 0 Å². The average Bonchev–Trinajstić information content (AvgIpc) is 3.63. The lowest BCUT2D eigenvalue weighted by molar-refractivity contribution is 0.669. The molecular weight excluding hydrogens is 655 g/mol. The Morgan fingerprint density at radius 1 is 0.296 bits per heavy atom. The molecule has 2 nitrogen and oxygen atoms in total. The molecule has 1 aromatic heterocycles. The molecule has 54 heavy (non-hydrogen) atoms. The van der Waals surface area contributed by atoms with E-state index < -0.39 is 0 Å². The Kier molecular flexibility index (Phi) is 6.90. The van der Waals surface area contributed by atoms with Crippen LogP contribution in [-0.4, -0.2) is 0 Å². The summed E-state index contributed by atoms with van der Waals surface area (Å²) in [4.78, 5) is 2.39. The number of rotatable bonds is 5. The molecule has 0 atom stereocenters. The second-order valence-electron chi connectivity index (χ2n) is 14.1. The summed E-state index contributed by atoms with van der Waals surface area (Å²) in [5, 5.41) is 12.2. The van der Waals surface area contributed by atoms with Crippen molar-refractivity contribution in [1.82, 2.24) is 0 Å². The van der Waals surface area contributed by atoms with Gasteiger partial charge in [-0.2, -0.15) is 0 Å². The van der Waals surface area contributed by atoms with E-state index in [1.807, 2.05) is 6.07 Å². The molecule has 10 aromatic carbocycles. The summed E-state index contributed by atoms with van der Waals surface area (Å²) in [6.07, 6.45) is 0. The maximum Gasteiger partial charge on any atom is 0.136 e. The first-order chi connectivity index (χ1) is 26.8. The number of benzene rings is 10. The molecule has 11 aromatic rings. The van der Waals surface area contributed by atoms with E-state index >= 15 is 0 Å². The zero-order valence-corrected chi connectivity index (χ0v) is 29.4. The van der Waals surface area contributed by atoms with Gasteiger partial charge in [-0.25, -0.2) is 0 Å². The second kappa shape index (κ2) is 12.2. The van der Waals surface area contributed by atoms with E-state index in [1.165, 1.54) is 70.7 Å². The van der Waals surface area contributed by atoms with E-state index in [0.29, 0.717) is 0 Å². The summed E-state index contributed by atoms with van der Waals surface area (Å²) in [5.74, 6) is 0. The summed E-state index contributed by atoms with van der Waals surface area (Å²) in [6, 6.07) is 72.3. The van der Waals surface area contributed by atoms with Crippen molar-refractivity contribution in [3.8, 4) is 22.3 Å². The van der Waals surface area contributed by atoms with Crippen LogP contribution < -0.4 is 4.90 Å². The standard InChI is InChI=1S/C52H33NO/c1-2-13-34(14-3-1)37-17-10-19-39(31-37)53(41-28-27-35-15-4-5-16-36(35)32-41)40-20-11-18-38(33-40)42-24-12-25-44-46-29-30-49-52(47-23-8-9-26-48(47)54-49)51(46)45-22-7-6-21-43(45)50(42)44/h1-33H. The van der Waals surface area contributed by atoms with E-state index in [9.17, 15) is 0 Å². The van der Waals surface area contributed by atoms with Crippen molar-refractivity contribution in [2.75, 3.05) is 4.90 Å². The third-order valence-corrected chi connectivity index (χ3v) is 11.0. The second-order valence-corrected chi connectivity index (χ2v) is 14.1. The van der Waals surface area contributed by atoms with Crippen LogP contribution in [0.25, 0.3) is 87.3 Å². The summed E-state index contributed by atoms with van der Waals surface area (Å²) in [6.45, 7) is 0. The molecule has 0 N–H and O–H groups in total. The predicted molar refractivity (Wildman–Crippen MR) is 229 cm³/mol. The Morgan fingerprint density at radius 3 is 1.69 bits per heavy atom. The lowest BCUT2D eigenvalue weighted by Crippen LogP contribution is -2.10. The zero-order chi connectivity index (χ0) is 35.6. The van der Waals surface area contributed by atoms with Crippen LogP contribution in [0.4, 0.5) is 17.1 Å². The number of fused-ring (bicyclic) bond motifs is 11. The van der Waals surface area contributed by atoms with E-state index in [2.05, 4.69) is 199 Å². The van der Waals surface area contributed by atoms with Crippen LogP contribution in [0.3, 0.4) is 0 Å². The van der Waals surface area contributed by atoms with Gasteiger partial charge in [-0.05, 0) is 115 Å². The van der Waals surface area contributed by atoms with Gasteiger partial charge in [0, 0.05) is 33.2 Å². The molecular formula is C52H33NO. The first-order valence-corrected chi connectivity index (χ1v) is 18.5. The lowest BCUT2D eigenvalue weighted by atomic mass is 9.88. The SMILES string of the molecule is c1ccc(-c2cccc(N(c3cccc(-c4cccc5c6ccc7oc8ccccc8c7c6c6ccccc6c45)c3)c3ccc4ccccc4c3)c2)cc1. The number of nitrogens with zero attached hydrogens (tertiary/aromatic N) is 1. The molecule has 11 rings (SSSR count). The first kappa shape index (κ1) is 30.5. The Morgan fingerprint density at radius 2 is 0.870 bits per heavy atom. The highest BCUT2D eigenvalue weighted by molar-refractivity contribution is 6.36. The van der Waals surface area contributed by atoms with Crippen molar-refractivity contribution >= 4 is 82.1 Å². The van der Waals surface area contributed by atoms with Gasteiger partial charge < -0.3 is 9.32 Å². The van der Waals surface area contributed by atoms with Crippen molar-refractivity contribution in [3.63, 3.8) is 0 Å². The van der Waals surface area contributed by atoms with Gasteiger partial charge >= 0.3 is 0 Å². The van der Waals surface area contributed by atoms with E-state index in [-0.39, 0.29) is 0 Å². The Labute approximate surface area is 312 Å². The zero-order valence-electron chi connectivity index (χ0n) is 29.4. The molecule has 252 valence electrons. The molecule has 2 heteroatoms. The minimum atomic E-state index is 0.917. The van der Waals surface area contributed by atoms with Crippen LogP contribution in [0.1, 0.15) is 0 Å². The molecule has 0 amide bonds. The van der Waals surface area contributed by atoms with E-state index in [1.54, 1.807) is 0 Å². The van der Waals surface area contributed by atoms with Crippen LogP contribution in [0.2, 0.25) is 0 Å². The number of para-hydroxylation sites is 1. The van der Waals surface area contributed by atoms with Crippen LogP contribution in [0.15, 0.2) is 205 Å². The average molecular weight is 688 g/mol. The largest absolute Gasteiger partial charge is 0.456 e. The molecule has 0 bridgehead atoms. The molecule has 0 fully saturated rings. The number of hydrogen-bond acceptors (Lipinski definition) is 2. The van der Waals surface area contributed by atoms with Crippen molar-refractivity contribution in [1.29, 1.82) is 0 Å². The number of hydrogen-bond donors (Lipinski definition) is 0. The molecule has 0 saturated heterocycles. The Bertz CT molecular complexity index is 3200.